The summed E-state index contributed by atoms with van der Waals surface area (Å²) >= 11 is 1.48. The molecular weight excluding hydrogens is 412 g/mol. The van der Waals surface area contributed by atoms with Gasteiger partial charge in [0.2, 0.25) is 0 Å². The number of aromatic nitrogens is 2. The van der Waals surface area contributed by atoms with E-state index in [0.29, 0.717) is 11.3 Å². The van der Waals surface area contributed by atoms with Crippen molar-refractivity contribution in [1.29, 1.82) is 5.26 Å². The van der Waals surface area contributed by atoms with Crippen molar-refractivity contribution in [1.82, 2.24) is 15.5 Å². The molecule has 0 spiro atoms. The quantitative estimate of drug-likeness (QED) is 0.574. The molecule has 0 saturated carbocycles. The molecule has 1 heterocycles. The van der Waals surface area contributed by atoms with Crippen molar-refractivity contribution in [3.63, 3.8) is 0 Å². The van der Waals surface area contributed by atoms with Crippen molar-refractivity contribution in [3.8, 4) is 33.0 Å². The summed E-state index contributed by atoms with van der Waals surface area (Å²) < 4.78 is 5.70. The lowest BCUT2D eigenvalue weighted by molar-refractivity contribution is -0.136. The first-order chi connectivity index (χ1) is 15.0. The van der Waals surface area contributed by atoms with Crippen molar-refractivity contribution in [2.45, 2.75) is 38.8 Å². The highest BCUT2D eigenvalue weighted by Crippen LogP contribution is 2.40. The number of carbonyl (C=O) groups is 1. The molecule has 0 fully saturated rings. The Bertz CT molecular complexity index is 1170. The molecule has 1 atom stereocenters. The molecule has 0 radical (unpaired) electrons. The third kappa shape index (κ3) is 4.43. The Morgan fingerprint density at radius 2 is 2.13 bits per heavy atom. The molecule has 0 aliphatic heterocycles. The average Bonchev–Trinajstić information content (AvgIpc) is 3.39. The third-order valence-electron chi connectivity index (χ3n) is 5.14. The molecular formula is C23H22N4O3S. The second-order valence-electron chi connectivity index (χ2n) is 7.64. The molecule has 7 nitrogen and oxygen atoms in total. The van der Waals surface area contributed by atoms with Crippen LogP contribution < -0.4 is 10.1 Å². The number of rotatable bonds is 7. The van der Waals surface area contributed by atoms with E-state index in [4.69, 9.17) is 9.84 Å². The van der Waals surface area contributed by atoms with E-state index in [9.17, 15) is 10.1 Å². The number of hydrogen-bond acceptors (Lipinski definition) is 7. The number of fused-ring (bicyclic) bond motifs is 1. The third-order valence-corrected chi connectivity index (χ3v) is 6.14. The Morgan fingerprint density at radius 3 is 2.87 bits per heavy atom. The van der Waals surface area contributed by atoms with Gasteiger partial charge in [-0.1, -0.05) is 29.5 Å². The lowest BCUT2D eigenvalue weighted by atomic mass is 10.0. The summed E-state index contributed by atoms with van der Waals surface area (Å²) in [7, 11) is 0. The van der Waals surface area contributed by atoms with Crippen LogP contribution in [0.3, 0.4) is 0 Å². The Labute approximate surface area is 184 Å². The zero-order chi connectivity index (χ0) is 22.0. The predicted octanol–water partition coefficient (Wildman–Crippen LogP) is 4.19. The monoisotopic (exact) mass is 434 g/mol. The van der Waals surface area contributed by atoms with Gasteiger partial charge in [0.1, 0.15) is 21.8 Å². The summed E-state index contributed by atoms with van der Waals surface area (Å²) in [5.41, 5.74) is 4.63. The van der Waals surface area contributed by atoms with E-state index >= 15 is 0 Å². The van der Waals surface area contributed by atoms with Gasteiger partial charge >= 0.3 is 5.97 Å². The summed E-state index contributed by atoms with van der Waals surface area (Å²) in [4.78, 5) is 10.9. The minimum Gasteiger partial charge on any atom is -0.490 e. The Balaban J connectivity index is 1.62. The summed E-state index contributed by atoms with van der Waals surface area (Å²) in [6.07, 6.45) is 1.70. The maximum atomic E-state index is 10.9. The molecule has 0 bridgehead atoms. The number of benzene rings is 2. The van der Waals surface area contributed by atoms with Crippen LogP contribution in [-0.4, -0.2) is 33.9 Å². The van der Waals surface area contributed by atoms with Crippen LogP contribution in [-0.2, 0) is 11.2 Å². The van der Waals surface area contributed by atoms with Crippen LogP contribution >= 0.6 is 11.3 Å². The van der Waals surface area contributed by atoms with Crippen molar-refractivity contribution >= 4 is 17.3 Å². The molecule has 8 heteroatoms. The first kappa shape index (κ1) is 21.0. The van der Waals surface area contributed by atoms with E-state index in [0.717, 1.165) is 39.5 Å². The SMILES string of the molecule is CC(C)Oc1ccc(-c2nnc(-c3cccc4c3CC[C@@H]4NCC(=O)O)s2)cc1C#N. The first-order valence-electron chi connectivity index (χ1n) is 10.1. The van der Waals surface area contributed by atoms with E-state index in [1.807, 2.05) is 38.1 Å². The van der Waals surface area contributed by atoms with Crippen molar-refractivity contribution in [2.24, 2.45) is 0 Å². The van der Waals surface area contributed by atoms with E-state index in [1.165, 1.54) is 16.9 Å². The van der Waals surface area contributed by atoms with Crippen LogP contribution in [0.25, 0.3) is 21.1 Å². The van der Waals surface area contributed by atoms with E-state index < -0.39 is 5.97 Å². The molecule has 2 aromatic carbocycles. The number of carboxylic acids is 1. The van der Waals surface area contributed by atoms with Crippen LogP contribution in [0.15, 0.2) is 36.4 Å². The van der Waals surface area contributed by atoms with Gasteiger partial charge in [-0.2, -0.15) is 5.26 Å². The lowest BCUT2D eigenvalue weighted by Crippen LogP contribution is -2.25. The number of aliphatic carboxylic acids is 1. The van der Waals surface area contributed by atoms with Gasteiger partial charge in [-0.25, -0.2) is 0 Å². The van der Waals surface area contributed by atoms with Crippen LogP contribution in [0.5, 0.6) is 5.75 Å². The number of hydrogen-bond donors (Lipinski definition) is 2. The summed E-state index contributed by atoms with van der Waals surface area (Å²) in [6, 6.07) is 13.7. The molecule has 0 unspecified atom stereocenters. The minimum atomic E-state index is -0.861. The molecule has 2 N–H and O–H groups in total. The molecule has 1 aliphatic carbocycles. The number of carboxylic acid groups (broad SMARTS) is 1. The number of nitrogens with one attached hydrogen (secondary N) is 1. The fraction of sp³-hybridized carbons (Fsp3) is 0.304. The number of nitrogens with zero attached hydrogens (tertiary/aromatic N) is 3. The van der Waals surface area contributed by atoms with Gasteiger partial charge < -0.3 is 15.2 Å². The van der Waals surface area contributed by atoms with Crippen LogP contribution in [0.2, 0.25) is 0 Å². The fourth-order valence-corrected chi connectivity index (χ4v) is 4.73. The Hall–Kier alpha value is -3.28. The van der Waals surface area contributed by atoms with E-state index in [1.54, 1.807) is 12.1 Å². The van der Waals surface area contributed by atoms with E-state index in [-0.39, 0.29) is 18.7 Å². The fourth-order valence-electron chi connectivity index (χ4n) is 3.83. The summed E-state index contributed by atoms with van der Waals surface area (Å²) in [5, 5.41) is 31.9. The van der Waals surface area contributed by atoms with Gasteiger partial charge in [0.25, 0.3) is 0 Å². The van der Waals surface area contributed by atoms with Crippen molar-refractivity contribution < 1.29 is 14.6 Å². The van der Waals surface area contributed by atoms with E-state index in [2.05, 4.69) is 21.6 Å². The highest BCUT2D eigenvalue weighted by molar-refractivity contribution is 7.17. The largest absolute Gasteiger partial charge is 0.490 e. The van der Waals surface area contributed by atoms with Gasteiger partial charge in [0, 0.05) is 17.2 Å². The maximum Gasteiger partial charge on any atom is 0.317 e. The Morgan fingerprint density at radius 1 is 1.32 bits per heavy atom. The van der Waals surface area contributed by atoms with Gasteiger partial charge in [0.05, 0.1) is 18.2 Å². The second kappa shape index (κ2) is 8.84. The summed E-state index contributed by atoms with van der Waals surface area (Å²) in [5.74, 6) is -0.299. The van der Waals surface area contributed by atoms with Crippen LogP contribution in [0, 0.1) is 11.3 Å². The minimum absolute atomic E-state index is 0.0138. The topological polar surface area (TPSA) is 108 Å². The van der Waals surface area contributed by atoms with Crippen molar-refractivity contribution in [2.75, 3.05) is 6.54 Å². The van der Waals surface area contributed by atoms with Gasteiger partial charge in [-0.3, -0.25) is 4.79 Å². The molecule has 0 saturated heterocycles. The van der Waals surface area contributed by atoms with Crippen LogP contribution in [0.1, 0.15) is 43.0 Å². The highest BCUT2D eigenvalue weighted by Gasteiger charge is 2.26. The number of ether oxygens (including phenoxy) is 1. The number of nitriles is 1. The average molecular weight is 435 g/mol. The molecule has 31 heavy (non-hydrogen) atoms. The molecule has 1 aromatic heterocycles. The normalized spacial score (nSPS) is 15.0. The first-order valence-corrected chi connectivity index (χ1v) is 10.9. The standard InChI is InChI=1S/C23H22N4O3S/c1-13(2)30-20-9-6-14(10-15(20)11-24)22-26-27-23(31-22)18-5-3-4-17-16(18)7-8-19(17)25-12-21(28)29/h3-6,9-10,13,19,25H,7-8,12H2,1-2H3,(H,28,29)/t19-/m0/s1. The van der Waals surface area contributed by atoms with Gasteiger partial charge in [-0.05, 0) is 56.0 Å². The van der Waals surface area contributed by atoms with Gasteiger partial charge in [0.15, 0.2) is 0 Å². The van der Waals surface area contributed by atoms with Crippen molar-refractivity contribution in [3.05, 3.63) is 53.1 Å². The molecule has 158 valence electrons. The summed E-state index contributed by atoms with van der Waals surface area (Å²) in [6.45, 7) is 3.79. The molecule has 1 aliphatic rings. The smallest absolute Gasteiger partial charge is 0.317 e. The molecule has 3 aromatic rings. The Kier molecular flexibility index (Phi) is 5.98. The maximum absolute atomic E-state index is 10.9. The zero-order valence-corrected chi connectivity index (χ0v) is 18.1. The lowest BCUT2D eigenvalue weighted by Gasteiger charge is -2.13. The zero-order valence-electron chi connectivity index (χ0n) is 17.3. The second-order valence-corrected chi connectivity index (χ2v) is 8.62. The molecule has 0 amide bonds. The van der Waals surface area contributed by atoms with Crippen LogP contribution in [0.4, 0.5) is 0 Å². The predicted molar refractivity (Wildman–Crippen MR) is 118 cm³/mol. The highest BCUT2D eigenvalue weighted by atomic mass is 32.1. The molecule has 4 rings (SSSR count). The van der Waals surface area contributed by atoms with Gasteiger partial charge in [-0.15, -0.1) is 10.2 Å².